The van der Waals surface area contributed by atoms with Crippen molar-refractivity contribution in [2.24, 2.45) is 0 Å². The van der Waals surface area contributed by atoms with Crippen molar-refractivity contribution >= 4 is 13.8 Å². The fraction of sp³-hybridized carbons (Fsp3) is 0.667. The fourth-order valence-electron chi connectivity index (χ4n) is 1.41. The second-order valence-corrected chi connectivity index (χ2v) is 5.81. The maximum Gasteiger partial charge on any atom is 0.322 e. The Morgan fingerprint density at radius 1 is 1.15 bits per heavy atom. The summed E-state index contributed by atoms with van der Waals surface area (Å²) in [5.74, 6) is -0.582. The van der Waals surface area contributed by atoms with Crippen molar-refractivity contribution in [3.8, 4) is 0 Å². The van der Waals surface area contributed by atoms with Crippen LogP contribution in [0.15, 0.2) is 24.9 Å². The third kappa shape index (κ3) is 8.80. The van der Waals surface area contributed by atoms with E-state index in [0.29, 0.717) is 13.0 Å². The summed E-state index contributed by atoms with van der Waals surface area (Å²) in [4.78, 5) is 11.1. The van der Waals surface area contributed by atoms with Crippen LogP contribution in [0.2, 0.25) is 0 Å². The van der Waals surface area contributed by atoms with Crippen molar-refractivity contribution in [3.63, 3.8) is 0 Å². The number of hydrogen-bond donors (Lipinski definition) is 0. The van der Waals surface area contributed by atoms with Gasteiger partial charge in [-0.25, -0.2) is 4.79 Å². The molecule has 0 aromatic heterocycles. The number of ether oxygens (including phenoxy) is 3. The smallest absolute Gasteiger partial charge is 0.322 e. The molecule has 5 heteroatoms. The van der Waals surface area contributed by atoms with Crippen molar-refractivity contribution < 1.29 is 19.0 Å². The third-order valence-electron chi connectivity index (χ3n) is 2.80. The molecule has 0 aliphatic carbocycles. The van der Waals surface area contributed by atoms with Gasteiger partial charge in [0.1, 0.15) is 13.4 Å². The van der Waals surface area contributed by atoms with E-state index in [1.807, 2.05) is 27.7 Å². The topological polar surface area (TPSA) is 44.8 Å². The van der Waals surface area contributed by atoms with Gasteiger partial charge in [-0.2, -0.15) is 0 Å². The largest absolute Gasteiger partial charge is 0.496 e. The first-order valence-electron chi connectivity index (χ1n) is 6.64. The van der Waals surface area contributed by atoms with E-state index < -0.39 is 5.97 Å². The molecule has 0 spiro atoms. The van der Waals surface area contributed by atoms with Crippen molar-refractivity contribution in [1.82, 2.24) is 0 Å². The van der Waals surface area contributed by atoms with Crippen LogP contribution in [0.5, 0.6) is 0 Å². The molecule has 0 N–H and O–H groups in total. The molecule has 0 aliphatic rings. The molecule has 0 heterocycles. The van der Waals surface area contributed by atoms with E-state index in [9.17, 15) is 4.79 Å². The number of carbonyl (C=O) groups excluding carboxylic acids is 1. The zero-order valence-corrected chi connectivity index (χ0v) is 13.0. The highest BCUT2D eigenvalue weighted by Gasteiger charge is 2.22. The summed E-state index contributed by atoms with van der Waals surface area (Å²) >= 11 is 0. The number of carbonyl (C=O) groups is 1. The predicted octanol–water partition coefficient (Wildman–Crippen LogP) is 2.73. The molecule has 0 unspecified atom stereocenters. The van der Waals surface area contributed by atoms with Crippen LogP contribution < -0.4 is 0 Å². The molecule has 20 heavy (non-hydrogen) atoms. The Morgan fingerprint density at radius 3 is 2.20 bits per heavy atom. The first-order valence-corrected chi connectivity index (χ1v) is 6.64. The van der Waals surface area contributed by atoms with Crippen LogP contribution in [0.3, 0.4) is 0 Å². The fourth-order valence-corrected chi connectivity index (χ4v) is 1.41. The monoisotopic (exact) mass is 280 g/mol. The van der Waals surface area contributed by atoms with Gasteiger partial charge in [0.15, 0.2) is 0 Å². The number of esters is 1. The summed E-state index contributed by atoms with van der Waals surface area (Å²) in [5, 5.41) is 0. The second kappa shape index (κ2) is 8.15. The van der Waals surface area contributed by atoms with Crippen LogP contribution >= 0.6 is 0 Å². The van der Waals surface area contributed by atoms with E-state index in [4.69, 9.17) is 22.1 Å². The molecule has 0 saturated heterocycles. The zero-order valence-electron chi connectivity index (χ0n) is 13.0. The lowest BCUT2D eigenvalue weighted by atomic mass is 9.98. The van der Waals surface area contributed by atoms with Crippen LogP contribution in [0.4, 0.5) is 0 Å². The Bertz CT molecular complexity index is 348. The Morgan fingerprint density at radius 2 is 1.70 bits per heavy atom. The van der Waals surface area contributed by atoms with Gasteiger partial charge >= 0.3 is 5.97 Å². The molecule has 0 atom stereocenters. The molecule has 0 aliphatic heterocycles. The molecule has 112 valence electrons. The summed E-state index contributed by atoms with van der Waals surface area (Å²) in [6.45, 7) is 15.5. The molecule has 0 rings (SSSR count). The first-order chi connectivity index (χ1) is 9.09. The molecule has 0 amide bonds. The van der Waals surface area contributed by atoms with Crippen LogP contribution in [0.25, 0.3) is 0 Å². The first kappa shape index (κ1) is 18.8. The van der Waals surface area contributed by atoms with Crippen molar-refractivity contribution in [2.75, 3.05) is 13.2 Å². The summed E-state index contributed by atoms with van der Waals surface area (Å²) < 4.78 is 16.1. The lowest BCUT2D eigenvalue weighted by Crippen LogP contribution is -2.31. The van der Waals surface area contributed by atoms with E-state index in [-0.39, 0.29) is 23.3 Å². The van der Waals surface area contributed by atoms with Gasteiger partial charge in [0.25, 0.3) is 0 Å². The van der Waals surface area contributed by atoms with Gasteiger partial charge in [-0.05, 0) is 33.2 Å². The second-order valence-electron chi connectivity index (χ2n) is 5.81. The van der Waals surface area contributed by atoms with E-state index in [1.165, 1.54) is 6.26 Å². The van der Waals surface area contributed by atoms with Gasteiger partial charge in [0.05, 0.1) is 25.1 Å². The van der Waals surface area contributed by atoms with Gasteiger partial charge < -0.3 is 14.2 Å². The third-order valence-corrected chi connectivity index (χ3v) is 2.80. The number of rotatable bonds is 10. The summed E-state index contributed by atoms with van der Waals surface area (Å²) in [6.07, 6.45) is 2.75. The lowest BCUT2D eigenvalue weighted by Gasteiger charge is -2.29. The maximum atomic E-state index is 11.1. The molecule has 0 aromatic carbocycles. The standard InChI is InChI=1S/C15H25BO4/c1-7-19-14(3,4)9-11-20-15(5,6)8-10-18-13(17)12(2)16/h7H,1-2,8-11H2,3-6H3. The van der Waals surface area contributed by atoms with Gasteiger partial charge in [-0.3, -0.25) is 0 Å². The summed E-state index contributed by atoms with van der Waals surface area (Å²) in [6, 6.07) is 0. The van der Waals surface area contributed by atoms with E-state index in [0.717, 1.165) is 6.42 Å². The van der Waals surface area contributed by atoms with Crippen LogP contribution in [-0.4, -0.2) is 38.2 Å². The Hall–Kier alpha value is -1.23. The molecule has 0 aromatic rings. The minimum atomic E-state index is -0.582. The molecule has 0 bridgehead atoms. The van der Waals surface area contributed by atoms with Crippen molar-refractivity contribution in [1.29, 1.82) is 0 Å². The summed E-state index contributed by atoms with van der Waals surface area (Å²) in [7, 11) is 5.22. The zero-order chi connectivity index (χ0) is 15.8. The van der Waals surface area contributed by atoms with E-state index in [1.54, 1.807) is 0 Å². The van der Waals surface area contributed by atoms with Crippen LogP contribution in [0.1, 0.15) is 40.5 Å². The Labute approximate surface area is 123 Å². The molecule has 0 fully saturated rings. The maximum absolute atomic E-state index is 11.1. The Kier molecular flexibility index (Phi) is 7.65. The molecular formula is C15H25BO4. The van der Waals surface area contributed by atoms with E-state index >= 15 is 0 Å². The quantitative estimate of drug-likeness (QED) is 0.267. The van der Waals surface area contributed by atoms with Crippen LogP contribution in [0, 0.1) is 0 Å². The summed E-state index contributed by atoms with van der Waals surface area (Å²) in [5.41, 5.74) is -0.783. The molecule has 4 nitrogen and oxygen atoms in total. The van der Waals surface area contributed by atoms with Gasteiger partial charge in [0.2, 0.25) is 0 Å². The number of hydrogen-bond acceptors (Lipinski definition) is 4. The van der Waals surface area contributed by atoms with Gasteiger partial charge in [-0.1, -0.05) is 13.2 Å². The van der Waals surface area contributed by atoms with Gasteiger partial charge in [0, 0.05) is 12.8 Å². The minimum absolute atomic E-state index is 0.0907. The predicted molar refractivity (Wildman–Crippen MR) is 80.5 cm³/mol. The SMILES string of the molecule is [B]C(=C)C(=O)OCCC(C)(C)OCCC(C)(C)OC=C. The van der Waals surface area contributed by atoms with Crippen molar-refractivity contribution in [3.05, 3.63) is 24.9 Å². The van der Waals surface area contributed by atoms with Crippen LogP contribution in [-0.2, 0) is 19.0 Å². The minimum Gasteiger partial charge on any atom is -0.496 e. The highest BCUT2D eigenvalue weighted by atomic mass is 16.5. The van der Waals surface area contributed by atoms with E-state index in [2.05, 4.69) is 13.2 Å². The average Bonchev–Trinajstić information content (AvgIpc) is 2.27. The molecular weight excluding hydrogens is 255 g/mol. The average molecular weight is 280 g/mol. The Balaban J connectivity index is 3.98. The highest BCUT2D eigenvalue weighted by Crippen LogP contribution is 2.19. The van der Waals surface area contributed by atoms with Crippen molar-refractivity contribution in [2.45, 2.75) is 51.7 Å². The highest BCUT2D eigenvalue weighted by molar-refractivity contribution is 6.34. The normalized spacial score (nSPS) is 11.8. The molecule has 0 saturated carbocycles. The molecule has 2 radical (unpaired) electrons. The van der Waals surface area contributed by atoms with Gasteiger partial charge in [-0.15, -0.1) is 0 Å². The lowest BCUT2D eigenvalue weighted by molar-refractivity contribution is -0.140.